The predicted octanol–water partition coefficient (Wildman–Crippen LogP) is 12.0. The Morgan fingerprint density at radius 1 is 0.688 bits per heavy atom. The smallest absolute Gasteiger partial charge is 0.432 e. The molecular formula is C38H36F8O2. The van der Waals surface area contributed by atoms with Gasteiger partial charge in [0, 0.05) is 17.2 Å². The number of hydrogen-bond acceptors (Lipinski definition) is 2. The van der Waals surface area contributed by atoms with Crippen LogP contribution in [0.2, 0.25) is 0 Å². The molecule has 0 saturated heterocycles. The maximum absolute atomic E-state index is 15.3. The van der Waals surface area contributed by atoms with Crippen LogP contribution in [0, 0.1) is 35.0 Å². The minimum absolute atomic E-state index is 0.153. The summed E-state index contributed by atoms with van der Waals surface area (Å²) >= 11 is 0. The van der Waals surface area contributed by atoms with Crippen LogP contribution in [0.1, 0.15) is 75.3 Å². The molecule has 0 aliphatic heterocycles. The van der Waals surface area contributed by atoms with E-state index < -0.39 is 65.5 Å². The van der Waals surface area contributed by atoms with Crippen molar-refractivity contribution in [1.29, 1.82) is 0 Å². The maximum Gasteiger partial charge on any atom is 0.432 e. The third-order valence-electron chi connectivity index (χ3n) is 8.94. The molecule has 4 aromatic carbocycles. The standard InChI is InChI=1S/C38H36F8O2/c1-2-3-4-5-23-6-8-24(9-7-23)25-10-13-29(31(40)18-25)26-11-14-30(32(41)19-26)27-20-34(43)37(35(44)21-27)38(45,46)48-28-12-15-36(33(42)22-28)47-17-16-39/h10-15,18-24H,2-9,16-17H2,1H3. The van der Waals surface area contributed by atoms with Crippen LogP contribution in [0.15, 0.2) is 66.7 Å². The second kappa shape index (κ2) is 15.4. The monoisotopic (exact) mass is 676 g/mol. The quantitative estimate of drug-likeness (QED) is 0.104. The van der Waals surface area contributed by atoms with Crippen molar-refractivity contribution in [1.82, 2.24) is 0 Å². The van der Waals surface area contributed by atoms with Crippen molar-refractivity contribution in [2.45, 2.75) is 70.3 Å². The zero-order chi connectivity index (χ0) is 34.4. The number of rotatable bonds is 13. The summed E-state index contributed by atoms with van der Waals surface area (Å²) in [5.74, 6) is -6.33. The minimum Gasteiger partial charge on any atom is -0.488 e. The Labute approximate surface area is 274 Å². The van der Waals surface area contributed by atoms with Gasteiger partial charge in [0.1, 0.15) is 47.9 Å². The highest BCUT2D eigenvalue weighted by molar-refractivity contribution is 5.72. The molecule has 0 N–H and O–H groups in total. The number of alkyl halides is 3. The van der Waals surface area contributed by atoms with Crippen molar-refractivity contribution >= 4 is 0 Å². The number of halogens is 8. The summed E-state index contributed by atoms with van der Waals surface area (Å²) in [5, 5.41) is 0. The van der Waals surface area contributed by atoms with Crippen molar-refractivity contribution in [3.8, 4) is 33.8 Å². The molecule has 10 heteroatoms. The fourth-order valence-corrected chi connectivity index (χ4v) is 6.42. The molecule has 4 aromatic rings. The first-order valence-electron chi connectivity index (χ1n) is 16.1. The molecule has 0 unspecified atom stereocenters. The normalized spacial score (nSPS) is 16.6. The topological polar surface area (TPSA) is 18.5 Å². The Morgan fingerprint density at radius 2 is 1.33 bits per heavy atom. The Bertz CT molecular complexity index is 1690. The summed E-state index contributed by atoms with van der Waals surface area (Å²) in [6.45, 7) is 0.808. The van der Waals surface area contributed by atoms with Crippen LogP contribution in [0.3, 0.4) is 0 Å². The minimum atomic E-state index is -4.60. The molecule has 0 spiro atoms. The summed E-state index contributed by atoms with van der Waals surface area (Å²) in [4.78, 5) is 0. The third kappa shape index (κ3) is 8.13. The zero-order valence-electron chi connectivity index (χ0n) is 26.4. The van der Waals surface area contributed by atoms with E-state index in [0.717, 1.165) is 49.4 Å². The van der Waals surface area contributed by atoms with E-state index >= 15 is 8.78 Å². The first-order chi connectivity index (χ1) is 23.0. The summed E-state index contributed by atoms with van der Waals surface area (Å²) in [6.07, 6.45) is 4.53. The van der Waals surface area contributed by atoms with Gasteiger partial charge in [0.15, 0.2) is 11.6 Å². The lowest BCUT2D eigenvalue weighted by atomic mass is 9.77. The molecule has 0 heterocycles. The molecule has 0 radical (unpaired) electrons. The molecule has 2 nitrogen and oxygen atoms in total. The van der Waals surface area contributed by atoms with E-state index in [0.29, 0.717) is 24.1 Å². The highest BCUT2D eigenvalue weighted by Gasteiger charge is 2.41. The molecule has 1 saturated carbocycles. The van der Waals surface area contributed by atoms with Gasteiger partial charge < -0.3 is 9.47 Å². The number of hydrogen-bond donors (Lipinski definition) is 0. The Balaban J connectivity index is 1.30. The fraction of sp³-hybridized carbons (Fsp3) is 0.368. The molecule has 1 aliphatic rings. The molecule has 0 bridgehead atoms. The zero-order valence-corrected chi connectivity index (χ0v) is 26.4. The predicted molar refractivity (Wildman–Crippen MR) is 168 cm³/mol. The molecule has 48 heavy (non-hydrogen) atoms. The third-order valence-corrected chi connectivity index (χ3v) is 8.94. The van der Waals surface area contributed by atoms with Gasteiger partial charge in [0.05, 0.1) is 0 Å². The second-order valence-electron chi connectivity index (χ2n) is 12.2. The largest absolute Gasteiger partial charge is 0.488 e. The summed E-state index contributed by atoms with van der Waals surface area (Å²) < 4.78 is 126. The lowest BCUT2D eigenvalue weighted by molar-refractivity contribution is -0.189. The van der Waals surface area contributed by atoms with E-state index in [9.17, 15) is 26.3 Å². The van der Waals surface area contributed by atoms with E-state index in [-0.39, 0.29) is 28.2 Å². The summed E-state index contributed by atoms with van der Waals surface area (Å²) in [5.41, 5.74) is -1.20. The number of unbranched alkanes of at least 4 members (excludes halogenated alkanes) is 2. The van der Waals surface area contributed by atoms with Crippen molar-refractivity contribution < 1.29 is 44.6 Å². The van der Waals surface area contributed by atoms with Crippen LogP contribution < -0.4 is 9.47 Å². The molecular weight excluding hydrogens is 640 g/mol. The maximum atomic E-state index is 15.3. The van der Waals surface area contributed by atoms with E-state index in [1.54, 1.807) is 6.07 Å². The number of ether oxygens (including phenoxy) is 2. The van der Waals surface area contributed by atoms with Gasteiger partial charge in [-0.15, -0.1) is 0 Å². The van der Waals surface area contributed by atoms with Crippen molar-refractivity contribution in [3.05, 3.63) is 107 Å². The van der Waals surface area contributed by atoms with Crippen LogP contribution in [-0.2, 0) is 6.11 Å². The van der Waals surface area contributed by atoms with Gasteiger partial charge in [-0.25, -0.2) is 26.3 Å². The molecule has 0 aromatic heterocycles. The van der Waals surface area contributed by atoms with Crippen LogP contribution in [0.25, 0.3) is 22.3 Å². The van der Waals surface area contributed by atoms with Gasteiger partial charge in [0.2, 0.25) is 0 Å². The average Bonchev–Trinajstić information content (AvgIpc) is 3.04. The van der Waals surface area contributed by atoms with Gasteiger partial charge in [0.25, 0.3) is 0 Å². The molecule has 0 atom stereocenters. The van der Waals surface area contributed by atoms with Gasteiger partial charge in [-0.1, -0.05) is 56.9 Å². The lowest BCUT2D eigenvalue weighted by Crippen LogP contribution is -2.25. The fourth-order valence-electron chi connectivity index (χ4n) is 6.42. The molecule has 5 rings (SSSR count). The number of benzene rings is 4. The van der Waals surface area contributed by atoms with Crippen LogP contribution in [-0.4, -0.2) is 13.3 Å². The average molecular weight is 677 g/mol. The highest BCUT2D eigenvalue weighted by Crippen LogP contribution is 2.41. The molecule has 256 valence electrons. The Morgan fingerprint density at radius 3 is 1.96 bits per heavy atom. The van der Waals surface area contributed by atoms with E-state index in [1.165, 1.54) is 43.9 Å². The molecule has 1 aliphatic carbocycles. The van der Waals surface area contributed by atoms with Crippen LogP contribution in [0.4, 0.5) is 35.1 Å². The van der Waals surface area contributed by atoms with Gasteiger partial charge in [-0.05, 0) is 90.6 Å². The first-order valence-corrected chi connectivity index (χ1v) is 16.1. The van der Waals surface area contributed by atoms with E-state index in [4.69, 9.17) is 4.74 Å². The Hall–Kier alpha value is -4.08. The van der Waals surface area contributed by atoms with Crippen molar-refractivity contribution in [2.75, 3.05) is 13.3 Å². The lowest BCUT2D eigenvalue weighted by Gasteiger charge is -2.29. The Kier molecular flexibility index (Phi) is 11.3. The SMILES string of the molecule is CCCCCC1CCC(c2ccc(-c3ccc(-c4cc(F)c(C(F)(F)Oc5ccc(OCCF)c(F)c5)c(F)c4)c(F)c3)c(F)c2)CC1. The molecule has 1 fully saturated rings. The van der Waals surface area contributed by atoms with Gasteiger partial charge in [-0.2, -0.15) is 8.78 Å². The van der Waals surface area contributed by atoms with E-state index in [1.807, 2.05) is 6.07 Å². The van der Waals surface area contributed by atoms with Crippen LogP contribution >= 0.6 is 0 Å². The first kappa shape index (κ1) is 35.2. The molecule has 0 amide bonds. The van der Waals surface area contributed by atoms with Crippen molar-refractivity contribution in [3.63, 3.8) is 0 Å². The van der Waals surface area contributed by atoms with Gasteiger partial charge >= 0.3 is 6.11 Å². The highest BCUT2D eigenvalue weighted by atomic mass is 19.3. The summed E-state index contributed by atoms with van der Waals surface area (Å²) in [6, 6.07) is 11.8. The van der Waals surface area contributed by atoms with Crippen molar-refractivity contribution in [2.24, 2.45) is 5.92 Å². The van der Waals surface area contributed by atoms with E-state index in [2.05, 4.69) is 11.7 Å². The van der Waals surface area contributed by atoms with Crippen LogP contribution in [0.5, 0.6) is 11.5 Å². The van der Waals surface area contributed by atoms with Gasteiger partial charge in [-0.3, -0.25) is 0 Å². The summed E-state index contributed by atoms with van der Waals surface area (Å²) in [7, 11) is 0. The second-order valence-corrected chi connectivity index (χ2v) is 12.2.